The van der Waals surface area contributed by atoms with Gasteiger partial charge in [-0.05, 0) is 42.5 Å². The van der Waals surface area contributed by atoms with Gasteiger partial charge in [0.25, 0.3) is 5.91 Å². The van der Waals surface area contributed by atoms with E-state index in [9.17, 15) is 18.6 Å². The average Bonchev–Trinajstić information content (AvgIpc) is 2.85. The number of hydrogen-bond acceptors (Lipinski definition) is 6. The van der Waals surface area contributed by atoms with Crippen molar-refractivity contribution in [1.82, 2.24) is 10.6 Å². The first kappa shape index (κ1) is 24.3. The summed E-state index contributed by atoms with van der Waals surface area (Å²) in [5.74, 6) is -1.13. The number of carbonyl (C=O) groups excluding carboxylic acids is 3. The van der Waals surface area contributed by atoms with Crippen LogP contribution in [-0.2, 0) is 20.3 Å². The van der Waals surface area contributed by atoms with E-state index in [1.54, 1.807) is 66.7 Å². The van der Waals surface area contributed by atoms with Crippen molar-refractivity contribution < 1.29 is 23.3 Å². The normalized spacial score (nSPS) is 11.8. The van der Waals surface area contributed by atoms with E-state index in [4.69, 9.17) is 0 Å². The molecule has 0 aliphatic carbocycles. The van der Waals surface area contributed by atoms with Gasteiger partial charge in [-0.1, -0.05) is 36.4 Å². The van der Waals surface area contributed by atoms with Gasteiger partial charge in [-0.2, -0.15) is 0 Å². The summed E-state index contributed by atoms with van der Waals surface area (Å²) in [5.41, 5.74) is 0.791. The fourth-order valence-corrected chi connectivity index (χ4v) is 3.91. The molecule has 3 aromatic rings. The monoisotopic (exact) mass is 478 g/mol. The van der Waals surface area contributed by atoms with Crippen LogP contribution >= 0.6 is 0 Å². The molecule has 0 radical (unpaired) electrons. The Bertz CT molecular complexity index is 1250. The van der Waals surface area contributed by atoms with Gasteiger partial charge in [-0.3, -0.25) is 20.2 Å². The number of amides is 3. The van der Waals surface area contributed by atoms with Crippen molar-refractivity contribution in [2.45, 2.75) is 16.7 Å². The van der Waals surface area contributed by atoms with Gasteiger partial charge in [-0.15, -0.1) is 0 Å². The molecule has 9 nitrogen and oxygen atoms in total. The highest BCUT2D eigenvalue weighted by molar-refractivity contribution is 7.85. The number of benzene rings is 3. The topological polar surface area (TPSA) is 126 Å². The third-order valence-electron chi connectivity index (χ3n) is 4.36. The molecule has 10 heteroatoms. The van der Waals surface area contributed by atoms with E-state index in [-0.39, 0.29) is 17.6 Å². The Morgan fingerprint density at radius 2 is 1.50 bits per heavy atom. The molecule has 0 heterocycles. The summed E-state index contributed by atoms with van der Waals surface area (Å²) in [4.78, 5) is 41.5. The predicted molar refractivity (Wildman–Crippen MR) is 128 cm³/mol. The third kappa shape index (κ3) is 6.59. The van der Waals surface area contributed by atoms with E-state index in [0.29, 0.717) is 21.0 Å². The highest BCUT2D eigenvalue weighted by Gasteiger charge is 2.15. The SMILES string of the molecule is COC(=O)NC(=Nc1cc(S(=O)c2ccccc2)ccc1NC(C)=O)NC(=O)c1ccccc1. The molecule has 3 aromatic carbocycles. The first-order valence-electron chi connectivity index (χ1n) is 10.1. The zero-order valence-corrected chi connectivity index (χ0v) is 19.2. The molecule has 1 unspecified atom stereocenters. The van der Waals surface area contributed by atoms with Crippen molar-refractivity contribution in [2.75, 3.05) is 12.4 Å². The minimum atomic E-state index is -1.53. The molecule has 0 saturated carbocycles. The zero-order valence-electron chi connectivity index (χ0n) is 18.4. The van der Waals surface area contributed by atoms with E-state index >= 15 is 0 Å². The maximum Gasteiger partial charge on any atom is 0.413 e. The minimum absolute atomic E-state index is 0.164. The maximum atomic E-state index is 13.0. The Kier molecular flexibility index (Phi) is 8.25. The summed E-state index contributed by atoms with van der Waals surface area (Å²) >= 11 is 0. The lowest BCUT2D eigenvalue weighted by molar-refractivity contribution is -0.114. The van der Waals surface area contributed by atoms with E-state index < -0.39 is 22.8 Å². The molecule has 0 bridgehead atoms. The molecule has 0 aliphatic heterocycles. The van der Waals surface area contributed by atoms with E-state index in [1.165, 1.54) is 20.1 Å². The van der Waals surface area contributed by atoms with Crippen molar-refractivity contribution in [3.05, 3.63) is 84.4 Å². The van der Waals surface area contributed by atoms with Crippen molar-refractivity contribution >= 4 is 46.0 Å². The molecular weight excluding hydrogens is 456 g/mol. The standard InChI is InChI=1S/C24H22N4O5S/c1-16(29)25-20-14-13-19(34(32)18-11-7-4-8-12-18)15-21(20)26-23(28-24(31)33-2)27-22(30)17-9-5-3-6-10-17/h3-15H,1-2H3,(H,25,29)(H2,26,27,28,30,31). The van der Waals surface area contributed by atoms with Crippen molar-refractivity contribution in [2.24, 2.45) is 4.99 Å². The number of guanidine groups is 1. The number of nitrogens with zero attached hydrogens (tertiary/aromatic N) is 1. The molecule has 0 aliphatic rings. The van der Waals surface area contributed by atoms with Gasteiger partial charge in [0.1, 0.15) is 0 Å². The molecule has 0 spiro atoms. The van der Waals surface area contributed by atoms with E-state index in [1.807, 2.05) is 6.07 Å². The van der Waals surface area contributed by atoms with Crippen LogP contribution in [0, 0.1) is 0 Å². The third-order valence-corrected chi connectivity index (χ3v) is 5.74. The summed E-state index contributed by atoms with van der Waals surface area (Å²) in [7, 11) is -0.362. The van der Waals surface area contributed by atoms with Crippen LogP contribution in [0.1, 0.15) is 17.3 Å². The number of ether oxygens (including phenoxy) is 1. The number of anilines is 1. The molecule has 3 amide bonds. The van der Waals surface area contributed by atoms with Gasteiger partial charge in [0, 0.05) is 22.3 Å². The highest BCUT2D eigenvalue weighted by atomic mass is 32.2. The first-order valence-corrected chi connectivity index (χ1v) is 11.2. The van der Waals surface area contributed by atoms with Gasteiger partial charge in [0.05, 0.1) is 29.3 Å². The quantitative estimate of drug-likeness (QED) is 0.382. The zero-order chi connectivity index (χ0) is 24.5. The Hall–Kier alpha value is -4.31. The molecule has 1 atom stereocenters. The number of nitrogens with one attached hydrogen (secondary N) is 3. The summed E-state index contributed by atoms with van der Waals surface area (Å²) in [6.07, 6.45) is -0.864. The average molecular weight is 479 g/mol. The number of carbonyl (C=O) groups is 3. The van der Waals surface area contributed by atoms with Crippen LogP contribution in [0.3, 0.4) is 0 Å². The number of alkyl carbamates (subject to hydrolysis) is 1. The molecule has 34 heavy (non-hydrogen) atoms. The molecular formula is C24H22N4O5S. The van der Waals surface area contributed by atoms with Gasteiger partial charge >= 0.3 is 6.09 Å². The van der Waals surface area contributed by atoms with E-state index in [0.717, 1.165) is 0 Å². The summed E-state index contributed by atoms with van der Waals surface area (Å²) in [6.45, 7) is 1.33. The van der Waals surface area contributed by atoms with Crippen molar-refractivity contribution in [1.29, 1.82) is 0 Å². The van der Waals surface area contributed by atoms with Gasteiger partial charge in [-0.25, -0.2) is 14.0 Å². The molecule has 3 rings (SSSR count). The van der Waals surface area contributed by atoms with Crippen LogP contribution in [0.5, 0.6) is 0 Å². The molecule has 0 aromatic heterocycles. The lowest BCUT2D eigenvalue weighted by atomic mass is 10.2. The fraction of sp³-hybridized carbons (Fsp3) is 0.0833. The maximum absolute atomic E-state index is 13.0. The minimum Gasteiger partial charge on any atom is -0.453 e. The Labute approximate surface area is 198 Å². The summed E-state index contributed by atoms with van der Waals surface area (Å²) in [5, 5.41) is 7.50. The van der Waals surface area contributed by atoms with Crippen LogP contribution in [0.2, 0.25) is 0 Å². The number of aliphatic imine (C=N–C) groups is 1. The smallest absolute Gasteiger partial charge is 0.413 e. The lowest BCUT2D eigenvalue weighted by Gasteiger charge is -2.13. The van der Waals surface area contributed by atoms with Crippen LogP contribution in [0.15, 0.2) is 93.6 Å². The molecule has 0 saturated heterocycles. The number of hydrogen-bond donors (Lipinski definition) is 3. The fourth-order valence-electron chi connectivity index (χ4n) is 2.82. The van der Waals surface area contributed by atoms with Crippen LogP contribution in [0.25, 0.3) is 0 Å². The van der Waals surface area contributed by atoms with Crippen molar-refractivity contribution in [3.8, 4) is 0 Å². The van der Waals surface area contributed by atoms with Gasteiger partial charge in [0.15, 0.2) is 0 Å². The number of methoxy groups -OCH3 is 1. The second kappa shape index (κ2) is 11.5. The summed E-state index contributed by atoms with van der Waals surface area (Å²) in [6, 6.07) is 21.8. The van der Waals surface area contributed by atoms with Crippen molar-refractivity contribution in [3.63, 3.8) is 0 Å². The molecule has 3 N–H and O–H groups in total. The highest BCUT2D eigenvalue weighted by Crippen LogP contribution is 2.29. The molecule has 174 valence electrons. The lowest BCUT2D eigenvalue weighted by Crippen LogP contribution is -2.43. The molecule has 0 fully saturated rings. The first-order chi connectivity index (χ1) is 16.4. The second-order valence-electron chi connectivity index (χ2n) is 6.84. The van der Waals surface area contributed by atoms with Gasteiger partial charge in [0.2, 0.25) is 11.9 Å². The Morgan fingerprint density at radius 1 is 0.853 bits per heavy atom. The van der Waals surface area contributed by atoms with Gasteiger partial charge < -0.3 is 10.1 Å². The number of rotatable bonds is 5. The largest absolute Gasteiger partial charge is 0.453 e. The predicted octanol–water partition coefficient (Wildman–Crippen LogP) is 3.59. The van der Waals surface area contributed by atoms with Crippen LogP contribution < -0.4 is 16.0 Å². The van der Waals surface area contributed by atoms with E-state index in [2.05, 4.69) is 25.7 Å². The van der Waals surface area contributed by atoms with Crippen LogP contribution in [-0.4, -0.2) is 35.2 Å². The Morgan fingerprint density at radius 3 is 2.12 bits per heavy atom. The van der Waals surface area contributed by atoms with Crippen LogP contribution in [0.4, 0.5) is 16.2 Å². The Balaban J connectivity index is 2.03. The summed E-state index contributed by atoms with van der Waals surface area (Å²) < 4.78 is 17.6. The second-order valence-corrected chi connectivity index (χ2v) is 8.32.